The van der Waals surface area contributed by atoms with Crippen LogP contribution in [0.25, 0.3) is 128 Å². The number of benzene rings is 10. The zero-order valence-electron chi connectivity index (χ0n) is 62.5. The van der Waals surface area contributed by atoms with Crippen molar-refractivity contribution in [3.8, 4) is 11.1 Å². The Morgan fingerprint density at radius 3 is 1.36 bits per heavy atom. The van der Waals surface area contributed by atoms with Crippen molar-refractivity contribution in [3.05, 3.63) is 353 Å². The highest BCUT2D eigenvalue weighted by Gasteiger charge is 2.12. The first-order chi connectivity index (χ1) is 51.3. The molecule has 0 N–H and O–H groups in total. The Kier molecular flexibility index (Phi) is 22.4. The van der Waals surface area contributed by atoms with Crippen LogP contribution >= 0.6 is 22.7 Å². The Morgan fingerprint density at radius 2 is 0.736 bits per heavy atom. The van der Waals surface area contributed by atoms with Crippen molar-refractivity contribution in [1.29, 1.82) is 0 Å². The Bertz CT molecular complexity index is 6070. The van der Waals surface area contributed by atoms with E-state index in [4.69, 9.17) is 8.83 Å². The number of aromatic nitrogens is 6. The maximum absolute atomic E-state index is 5.70. The SMILES string of the molecule is Cc1c(-c2ccccc2)ccc2ccccc12.Cc1ccc2c(c1)oc1nc(C)ccc12.Cc1ccc2c(c1)sc1nc(C)ccc12.Cc1ccc2ccc3ccccc3c2c1.Cc1ccc2oc3nc(C)ccc3c2c1.Cc1ccc2sc3nc(C)ccc3c2c1.Cc1ccnc(C)c1.Cn1cccc1. The molecule has 0 amide bonds. The van der Waals surface area contributed by atoms with E-state index in [1.54, 1.807) is 22.7 Å². The maximum Gasteiger partial charge on any atom is 0.227 e. The number of hydrogen-bond donors (Lipinski definition) is 0. The molecule has 10 aromatic heterocycles. The summed E-state index contributed by atoms with van der Waals surface area (Å²) in [5.41, 5.74) is 20.2. The third-order valence-corrected chi connectivity index (χ3v) is 20.7. The van der Waals surface area contributed by atoms with Crippen LogP contribution in [-0.2, 0) is 7.05 Å². The molecule has 524 valence electrons. The van der Waals surface area contributed by atoms with E-state index in [2.05, 4.69) is 298 Å². The molecule has 10 aromatic carbocycles. The van der Waals surface area contributed by atoms with Crippen LogP contribution in [0.1, 0.15) is 67.4 Å². The average molecular weight is 1420 g/mol. The van der Waals surface area contributed by atoms with Gasteiger partial charge in [0, 0.05) is 107 Å². The average Bonchev–Trinajstić information content (AvgIpc) is 1.50. The van der Waals surface area contributed by atoms with Gasteiger partial charge in [-0.05, 0) is 258 Å². The van der Waals surface area contributed by atoms with Gasteiger partial charge >= 0.3 is 0 Å². The van der Waals surface area contributed by atoms with Crippen LogP contribution in [0.3, 0.4) is 0 Å². The third-order valence-electron chi connectivity index (χ3n) is 18.5. The lowest BCUT2D eigenvalue weighted by atomic mass is 9.95. The first-order valence-electron chi connectivity index (χ1n) is 35.8. The largest absolute Gasteiger partial charge is 0.438 e. The van der Waals surface area contributed by atoms with Crippen molar-refractivity contribution in [1.82, 2.24) is 29.5 Å². The third kappa shape index (κ3) is 17.3. The van der Waals surface area contributed by atoms with Crippen molar-refractivity contribution in [2.75, 3.05) is 0 Å². The summed E-state index contributed by atoms with van der Waals surface area (Å²) in [7, 11) is 2.00. The molecule has 8 nitrogen and oxygen atoms in total. The number of aryl methyl sites for hydroxylation is 13. The van der Waals surface area contributed by atoms with Crippen molar-refractivity contribution in [3.63, 3.8) is 0 Å². The number of thiophene rings is 2. The molecule has 0 aliphatic rings. The molecule has 0 aliphatic carbocycles. The Hall–Kier alpha value is -12.0. The predicted molar refractivity (Wildman–Crippen MR) is 455 cm³/mol. The zero-order chi connectivity index (χ0) is 74.0. The predicted octanol–water partition coefficient (Wildman–Crippen LogP) is 27.2. The van der Waals surface area contributed by atoms with Crippen LogP contribution in [-0.4, -0.2) is 29.5 Å². The summed E-state index contributed by atoms with van der Waals surface area (Å²) < 4.78 is 16.0. The first-order valence-corrected chi connectivity index (χ1v) is 37.4. The summed E-state index contributed by atoms with van der Waals surface area (Å²) in [4.78, 5) is 24.2. The topological polar surface area (TPSA) is 95.7 Å². The van der Waals surface area contributed by atoms with Crippen LogP contribution in [0.15, 0.2) is 294 Å². The number of fused-ring (bicyclic) bond motifs is 16. The van der Waals surface area contributed by atoms with Crippen LogP contribution in [0, 0.1) is 83.1 Å². The van der Waals surface area contributed by atoms with Gasteiger partial charge in [0.1, 0.15) is 20.8 Å². The lowest BCUT2D eigenvalue weighted by molar-refractivity contribution is 0.652. The molecule has 10 heterocycles. The second kappa shape index (κ2) is 32.8. The van der Waals surface area contributed by atoms with E-state index in [-0.39, 0.29) is 0 Å². The van der Waals surface area contributed by atoms with Crippen molar-refractivity contribution < 1.29 is 8.83 Å². The summed E-state index contributed by atoms with van der Waals surface area (Å²) in [6.45, 7) is 24.8. The minimum absolute atomic E-state index is 0.732. The highest BCUT2D eigenvalue weighted by atomic mass is 32.1. The number of rotatable bonds is 1. The van der Waals surface area contributed by atoms with E-state index in [0.29, 0.717) is 0 Å². The lowest BCUT2D eigenvalue weighted by Gasteiger charge is -2.09. The molecule has 10 heteroatoms. The van der Waals surface area contributed by atoms with E-state index < -0.39 is 0 Å². The fourth-order valence-electron chi connectivity index (χ4n) is 13.0. The molecule has 0 saturated heterocycles. The standard InChI is InChI=1S/C17H14.C15H12.2C13H11NO.2C13H11NS.C7H9N.C5H7N/c1-13-16-10-6-5-9-15(16)11-12-17(13)14-7-3-2-4-8-14;1-11-6-7-13-9-8-12-4-2-3-5-14(12)15(13)10-11;1-8-3-6-12-11(7-8)10-5-4-9(2)14-13(10)15-12;1-8-3-5-10-11-6-4-9(2)14-13(11)15-12(10)7-8;1-8-3-6-12-11(7-8)10-5-4-9(2)14-13(10)15-12;1-8-3-5-10-11-6-4-9(2)14-13(11)15-12(10)7-8;1-6-3-4-8-7(2)5-6;1-6-4-2-3-5-6/h2-12H,1H3;2-10H,1H3;4*3-7H,1-2H3;3-5H,1-2H3;2-5H,1H3. The van der Waals surface area contributed by atoms with Crippen molar-refractivity contribution in [2.24, 2.45) is 7.05 Å². The number of nitrogens with zero attached hydrogens (tertiary/aromatic N) is 6. The van der Waals surface area contributed by atoms with Gasteiger partial charge in [-0.1, -0.05) is 174 Å². The molecule has 0 radical (unpaired) electrons. The number of furan rings is 2. The van der Waals surface area contributed by atoms with Gasteiger partial charge in [0.25, 0.3) is 0 Å². The zero-order valence-corrected chi connectivity index (χ0v) is 64.1. The fourth-order valence-corrected chi connectivity index (χ4v) is 15.3. The molecule has 106 heavy (non-hydrogen) atoms. The maximum atomic E-state index is 5.70. The molecule has 0 saturated carbocycles. The second-order valence-corrected chi connectivity index (χ2v) is 29.3. The first kappa shape index (κ1) is 72.4. The molecule has 0 aliphatic heterocycles. The summed E-state index contributed by atoms with van der Waals surface area (Å²) >= 11 is 3.55. The lowest BCUT2D eigenvalue weighted by Crippen LogP contribution is -1.85. The molecule has 20 aromatic rings. The monoisotopic (exact) mass is 1420 g/mol. The molecular formula is C96H86N6O2S2. The van der Waals surface area contributed by atoms with E-state index >= 15 is 0 Å². The minimum atomic E-state index is 0.732. The van der Waals surface area contributed by atoms with Crippen LogP contribution in [0.2, 0.25) is 0 Å². The van der Waals surface area contributed by atoms with Gasteiger partial charge in [0.15, 0.2) is 0 Å². The van der Waals surface area contributed by atoms with E-state index in [0.717, 1.165) is 82.3 Å². The number of pyridine rings is 5. The molecule has 0 atom stereocenters. The van der Waals surface area contributed by atoms with Gasteiger partial charge in [0.05, 0.1) is 0 Å². The van der Waals surface area contributed by atoms with Gasteiger partial charge in [-0.15, -0.1) is 22.7 Å². The highest BCUT2D eigenvalue weighted by molar-refractivity contribution is 7.25. The van der Waals surface area contributed by atoms with Gasteiger partial charge in [0.2, 0.25) is 11.4 Å². The fraction of sp³-hybridized carbons (Fsp3) is 0.135. The van der Waals surface area contributed by atoms with Crippen molar-refractivity contribution >= 4 is 140 Å². The van der Waals surface area contributed by atoms with Gasteiger partial charge in [-0.25, -0.2) is 19.9 Å². The smallest absolute Gasteiger partial charge is 0.227 e. The Morgan fingerprint density at radius 1 is 0.283 bits per heavy atom. The quantitative estimate of drug-likeness (QED) is 0.151. The van der Waals surface area contributed by atoms with Gasteiger partial charge < -0.3 is 13.4 Å². The molecule has 0 bridgehead atoms. The van der Waals surface area contributed by atoms with Crippen LogP contribution in [0.5, 0.6) is 0 Å². The highest BCUT2D eigenvalue weighted by Crippen LogP contribution is 2.36. The normalized spacial score (nSPS) is 10.9. The van der Waals surface area contributed by atoms with Gasteiger partial charge in [-0.3, -0.25) is 4.98 Å². The van der Waals surface area contributed by atoms with E-state index in [1.165, 1.54) is 113 Å². The summed E-state index contributed by atoms with van der Waals surface area (Å²) in [6.07, 6.45) is 5.82. The molecule has 0 spiro atoms. The van der Waals surface area contributed by atoms with Crippen LogP contribution in [0.4, 0.5) is 0 Å². The molecule has 20 rings (SSSR count). The van der Waals surface area contributed by atoms with Crippen LogP contribution < -0.4 is 0 Å². The van der Waals surface area contributed by atoms with Crippen molar-refractivity contribution in [2.45, 2.75) is 83.1 Å². The van der Waals surface area contributed by atoms with E-state index in [1.807, 2.05) is 107 Å². The van der Waals surface area contributed by atoms with Gasteiger partial charge in [-0.2, -0.15) is 0 Å². The summed E-state index contributed by atoms with van der Waals surface area (Å²) in [5, 5.41) is 17.7. The Balaban J connectivity index is 0.000000109. The molecular weight excluding hydrogens is 1330 g/mol. The minimum Gasteiger partial charge on any atom is -0.438 e. The second-order valence-electron chi connectivity index (χ2n) is 27.3. The Labute approximate surface area is 628 Å². The molecule has 0 unspecified atom stereocenters. The molecule has 0 fully saturated rings. The van der Waals surface area contributed by atoms with E-state index in [9.17, 15) is 0 Å². The summed E-state index contributed by atoms with van der Waals surface area (Å²) in [6, 6.07) is 93.4. The number of hydrogen-bond acceptors (Lipinski definition) is 9. The summed E-state index contributed by atoms with van der Waals surface area (Å²) in [5.74, 6) is 0.